The van der Waals surface area contributed by atoms with Gasteiger partial charge in [0.25, 0.3) is 0 Å². The van der Waals surface area contributed by atoms with Gasteiger partial charge in [0.2, 0.25) is 0 Å². The lowest BCUT2D eigenvalue weighted by Crippen LogP contribution is -2.21. The molecule has 0 bridgehead atoms. The first-order chi connectivity index (χ1) is 7.31. The van der Waals surface area contributed by atoms with Crippen molar-refractivity contribution in [1.82, 2.24) is 0 Å². The van der Waals surface area contributed by atoms with E-state index < -0.39 is 0 Å². The molecule has 1 aromatic carbocycles. The average Bonchev–Trinajstić information content (AvgIpc) is 2.91. The number of aliphatic hydroxyl groups excluding tert-OH is 1. The predicted molar refractivity (Wildman–Crippen MR) is 57.9 cm³/mol. The van der Waals surface area contributed by atoms with E-state index in [0.29, 0.717) is 6.61 Å². The van der Waals surface area contributed by atoms with Crippen molar-refractivity contribution >= 4 is 0 Å². The summed E-state index contributed by atoms with van der Waals surface area (Å²) in [6, 6.07) is 8.24. The van der Waals surface area contributed by atoms with Gasteiger partial charge < -0.3 is 9.84 Å². The molecule has 1 N–H and O–H groups in total. The van der Waals surface area contributed by atoms with Gasteiger partial charge in [-0.2, -0.15) is 0 Å². The standard InChI is InChI=1S/C13H16O2/c14-9-13(5-6-13)8-11-7-10-3-1-2-4-12(10)15-11/h1-4,11,14H,5-9H2. The Bertz CT molecular complexity index is 344. The summed E-state index contributed by atoms with van der Waals surface area (Å²) < 4.78 is 5.87. The van der Waals surface area contributed by atoms with E-state index in [9.17, 15) is 5.11 Å². The molecule has 0 radical (unpaired) electrons. The van der Waals surface area contributed by atoms with Crippen molar-refractivity contribution in [2.24, 2.45) is 5.41 Å². The van der Waals surface area contributed by atoms with Crippen LogP contribution in [-0.4, -0.2) is 17.8 Å². The Labute approximate surface area is 89.9 Å². The molecule has 0 amide bonds. The number of rotatable bonds is 3. The van der Waals surface area contributed by atoms with Crippen LogP contribution in [-0.2, 0) is 6.42 Å². The fourth-order valence-corrected chi connectivity index (χ4v) is 2.45. The number of aliphatic hydroxyl groups is 1. The van der Waals surface area contributed by atoms with Crippen molar-refractivity contribution < 1.29 is 9.84 Å². The zero-order valence-electron chi connectivity index (χ0n) is 8.78. The molecule has 0 saturated heterocycles. The van der Waals surface area contributed by atoms with Gasteiger partial charge >= 0.3 is 0 Å². The largest absolute Gasteiger partial charge is 0.490 e. The summed E-state index contributed by atoms with van der Waals surface area (Å²) in [4.78, 5) is 0. The molecule has 0 aromatic heterocycles. The van der Waals surface area contributed by atoms with Crippen LogP contribution in [0, 0.1) is 5.41 Å². The highest BCUT2D eigenvalue weighted by Crippen LogP contribution is 2.50. The molecule has 1 saturated carbocycles. The molecule has 1 aliphatic carbocycles. The van der Waals surface area contributed by atoms with Crippen molar-refractivity contribution in [2.75, 3.05) is 6.61 Å². The van der Waals surface area contributed by atoms with Crippen LogP contribution in [0.15, 0.2) is 24.3 Å². The zero-order chi connectivity index (χ0) is 10.3. The molecular formula is C13H16O2. The Morgan fingerprint density at radius 1 is 1.33 bits per heavy atom. The predicted octanol–water partition coefficient (Wildman–Crippen LogP) is 2.15. The van der Waals surface area contributed by atoms with Crippen LogP contribution in [0.5, 0.6) is 5.75 Å². The van der Waals surface area contributed by atoms with Gasteiger partial charge in [-0.1, -0.05) is 18.2 Å². The fourth-order valence-electron chi connectivity index (χ4n) is 2.45. The van der Waals surface area contributed by atoms with Crippen LogP contribution >= 0.6 is 0 Å². The molecule has 0 spiro atoms. The summed E-state index contributed by atoms with van der Waals surface area (Å²) in [7, 11) is 0. The Hall–Kier alpha value is -1.02. The summed E-state index contributed by atoms with van der Waals surface area (Å²) in [5, 5.41) is 9.28. The van der Waals surface area contributed by atoms with Crippen LogP contribution in [0.25, 0.3) is 0 Å². The van der Waals surface area contributed by atoms with Crippen molar-refractivity contribution in [3.63, 3.8) is 0 Å². The minimum atomic E-state index is 0.201. The van der Waals surface area contributed by atoms with Gasteiger partial charge in [-0.15, -0.1) is 0 Å². The minimum absolute atomic E-state index is 0.201. The zero-order valence-corrected chi connectivity index (χ0v) is 8.78. The normalized spacial score (nSPS) is 25.8. The minimum Gasteiger partial charge on any atom is -0.490 e. The summed E-state index contributed by atoms with van der Waals surface area (Å²) >= 11 is 0. The molecule has 80 valence electrons. The highest BCUT2D eigenvalue weighted by molar-refractivity contribution is 5.37. The highest BCUT2D eigenvalue weighted by atomic mass is 16.5. The Balaban J connectivity index is 1.69. The highest BCUT2D eigenvalue weighted by Gasteiger charge is 2.45. The molecular weight excluding hydrogens is 188 g/mol. The van der Waals surface area contributed by atoms with Crippen LogP contribution < -0.4 is 4.74 Å². The summed E-state index contributed by atoms with van der Waals surface area (Å²) in [5.74, 6) is 1.04. The van der Waals surface area contributed by atoms with Gasteiger partial charge in [-0.25, -0.2) is 0 Å². The van der Waals surface area contributed by atoms with E-state index in [0.717, 1.165) is 18.6 Å². The van der Waals surface area contributed by atoms with E-state index in [1.807, 2.05) is 12.1 Å². The van der Waals surface area contributed by atoms with E-state index in [1.54, 1.807) is 0 Å². The Morgan fingerprint density at radius 3 is 2.80 bits per heavy atom. The second kappa shape index (κ2) is 3.24. The second-order valence-electron chi connectivity index (χ2n) is 4.91. The first-order valence-corrected chi connectivity index (χ1v) is 5.67. The third-order valence-corrected chi connectivity index (χ3v) is 3.67. The molecule has 1 unspecified atom stereocenters. The number of para-hydroxylation sites is 1. The first kappa shape index (κ1) is 9.22. The number of fused-ring (bicyclic) bond motifs is 1. The van der Waals surface area contributed by atoms with Crippen LogP contribution in [0.2, 0.25) is 0 Å². The monoisotopic (exact) mass is 204 g/mol. The molecule has 1 aromatic rings. The second-order valence-corrected chi connectivity index (χ2v) is 4.91. The maximum absolute atomic E-state index is 9.28. The maximum atomic E-state index is 9.28. The lowest BCUT2D eigenvalue weighted by molar-refractivity contribution is 0.137. The van der Waals surface area contributed by atoms with Crippen molar-refractivity contribution in [3.8, 4) is 5.75 Å². The van der Waals surface area contributed by atoms with Gasteiger partial charge in [0.15, 0.2) is 0 Å². The van der Waals surface area contributed by atoms with Crippen LogP contribution in [0.1, 0.15) is 24.8 Å². The summed E-state index contributed by atoms with van der Waals surface area (Å²) in [5.41, 5.74) is 1.52. The lowest BCUT2D eigenvalue weighted by Gasteiger charge is -2.17. The van der Waals surface area contributed by atoms with Crippen LogP contribution in [0.3, 0.4) is 0 Å². The van der Waals surface area contributed by atoms with E-state index in [-0.39, 0.29) is 11.5 Å². The summed E-state index contributed by atoms with van der Waals surface area (Å²) in [6.45, 7) is 0.323. The van der Waals surface area contributed by atoms with Crippen molar-refractivity contribution in [2.45, 2.75) is 31.8 Å². The number of hydrogen-bond donors (Lipinski definition) is 1. The molecule has 15 heavy (non-hydrogen) atoms. The third-order valence-electron chi connectivity index (χ3n) is 3.67. The maximum Gasteiger partial charge on any atom is 0.123 e. The van der Waals surface area contributed by atoms with Crippen LogP contribution in [0.4, 0.5) is 0 Å². The lowest BCUT2D eigenvalue weighted by atomic mass is 9.97. The molecule has 2 heteroatoms. The van der Waals surface area contributed by atoms with Gasteiger partial charge in [-0.05, 0) is 36.3 Å². The smallest absolute Gasteiger partial charge is 0.123 e. The molecule has 2 nitrogen and oxygen atoms in total. The average molecular weight is 204 g/mol. The van der Waals surface area contributed by atoms with E-state index in [1.165, 1.54) is 18.4 Å². The van der Waals surface area contributed by atoms with Gasteiger partial charge in [0.05, 0.1) is 0 Å². The molecule has 1 fully saturated rings. The molecule has 1 aliphatic heterocycles. The van der Waals surface area contributed by atoms with Crippen molar-refractivity contribution in [3.05, 3.63) is 29.8 Å². The number of benzene rings is 1. The number of ether oxygens (including phenoxy) is 1. The third kappa shape index (κ3) is 1.63. The quantitative estimate of drug-likeness (QED) is 0.817. The summed E-state index contributed by atoms with van der Waals surface area (Å²) in [6.07, 6.45) is 4.65. The SMILES string of the molecule is OCC1(CC2Cc3ccccc3O2)CC1. The molecule has 2 aliphatic rings. The topological polar surface area (TPSA) is 29.5 Å². The van der Waals surface area contributed by atoms with E-state index in [4.69, 9.17) is 4.74 Å². The molecule has 1 atom stereocenters. The fraction of sp³-hybridized carbons (Fsp3) is 0.538. The van der Waals surface area contributed by atoms with Gasteiger partial charge in [0.1, 0.15) is 11.9 Å². The van der Waals surface area contributed by atoms with Gasteiger partial charge in [-0.3, -0.25) is 0 Å². The van der Waals surface area contributed by atoms with Gasteiger partial charge in [0, 0.05) is 13.0 Å². The Morgan fingerprint density at radius 2 is 2.13 bits per heavy atom. The molecule has 1 heterocycles. The van der Waals surface area contributed by atoms with E-state index >= 15 is 0 Å². The Kier molecular flexibility index (Phi) is 1.99. The van der Waals surface area contributed by atoms with Crippen molar-refractivity contribution in [1.29, 1.82) is 0 Å². The molecule has 3 rings (SSSR count). The van der Waals surface area contributed by atoms with E-state index in [2.05, 4.69) is 12.1 Å². The number of hydrogen-bond acceptors (Lipinski definition) is 2. The first-order valence-electron chi connectivity index (χ1n) is 5.67.